The predicted molar refractivity (Wildman–Crippen MR) is 104 cm³/mol. The summed E-state index contributed by atoms with van der Waals surface area (Å²) in [6.07, 6.45) is 2.16. The van der Waals surface area contributed by atoms with Gasteiger partial charge in [0.1, 0.15) is 11.9 Å². The molecule has 3 aromatic rings. The summed E-state index contributed by atoms with van der Waals surface area (Å²) in [4.78, 5) is 2.40. The highest BCUT2D eigenvalue weighted by atomic mass is 16.5. The summed E-state index contributed by atoms with van der Waals surface area (Å²) in [6.45, 7) is 1.92. The van der Waals surface area contributed by atoms with Gasteiger partial charge in [-0.1, -0.05) is 24.3 Å². The molecule has 1 saturated heterocycles. The van der Waals surface area contributed by atoms with Crippen molar-refractivity contribution in [1.82, 2.24) is 0 Å². The normalized spacial score (nSPS) is 15.2. The van der Waals surface area contributed by atoms with Crippen molar-refractivity contribution in [2.75, 3.05) is 25.1 Å². The van der Waals surface area contributed by atoms with Gasteiger partial charge in [0.2, 0.25) is 0 Å². The number of aromatic hydroxyl groups is 1. The Bertz CT molecular complexity index is 901. The number of benzene rings is 3. The molecule has 1 heterocycles. The zero-order valence-corrected chi connectivity index (χ0v) is 14.9. The van der Waals surface area contributed by atoms with Crippen LogP contribution in [-0.2, 0) is 0 Å². The first-order valence-electron chi connectivity index (χ1n) is 9.00. The number of para-hydroxylation sites is 2. The number of anilines is 1. The van der Waals surface area contributed by atoms with Gasteiger partial charge in [-0.2, -0.15) is 0 Å². The fourth-order valence-electron chi connectivity index (χ4n) is 3.54. The molecule has 26 heavy (non-hydrogen) atoms. The van der Waals surface area contributed by atoms with Crippen molar-refractivity contribution in [3.63, 3.8) is 0 Å². The molecule has 1 N–H and O–H groups in total. The van der Waals surface area contributed by atoms with Crippen molar-refractivity contribution in [2.24, 2.45) is 0 Å². The number of fused-ring (bicyclic) bond motifs is 1. The molecule has 0 unspecified atom stereocenters. The van der Waals surface area contributed by atoms with Crippen LogP contribution in [0.4, 0.5) is 5.69 Å². The topological polar surface area (TPSA) is 41.9 Å². The van der Waals surface area contributed by atoms with Crippen molar-refractivity contribution in [3.8, 4) is 17.2 Å². The molecule has 1 fully saturated rings. The Morgan fingerprint density at radius 1 is 0.885 bits per heavy atom. The smallest absolute Gasteiger partial charge is 0.161 e. The van der Waals surface area contributed by atoms with Gasteiger partial charge in [0.05, 0.1) is 7.11 Å². The van der Waals surface area contributed by atoms with Crippen molar-refractivity contribution >= 4 is 16.5 Å². The zero-order valence-electron chi connectivity index (χ0n) is 14.9. The van der Waals surface area contributed by atoms with E-state index in [1.54, 1.807) is 19.2 Å². The van der Waals surface area contributed by atoms with Gasteiger partial charge in [-0.3, -0.25) is 0 Å². The second-order valence-corrected chi connectivity index (χ2v) is 6.67. The van der Waals surface area contributed by atoms with Gasteiger partial charge in [-0.15, -0.1) is 0 Å². The molecule has 3 aromatic carbocycles. The molecule has 1 aliphatic rings. The number of hydrogen-bond donors (Lipinski definition) is 1. The number of hydrogen-bond acceptors (Lipinski definition) is 4. The lowest BCUT2D eigenvalue weighted by Gasteiger charge is -2.34. The third-order valence-electron chi connectivity index (χ3n) is 4.98. The minimum Gasteiger partial charge on any atom is -0.508 e. The Morgan fingerprint density at radius 3 is 2.35 bits per heavy atom. The number of methoxy groups -OCH3 is 1. The van der Waals surface area contributed by atoms with Crippen LogP contribution in [0.15, 0.2) is 60.7 Å². The second kappa shape index (κ2) is 7.16. The van der Waals surface area contributed by atoms with Gasteiger partial charge in [0, 0.05) is 31.6 Å². The molecule has 0 aliphatic carbocycles. The van der Waals surface area contributed by atoms with Crippen LogP contribution in [0, 0.1) is 0 Å². The maximum atomic E-state index is 9.60. The van der Waals surface area contributed by atoms with Crippen molar-refractivity contribution < 1.29 is 14.6 Å². The molecule has 0 amide bonds. The first kappa shape index (κ1) is 16.6. The Morgan fingerprint density at radius 2 is 1.58 bits per heavy atom. The minimum atomic E-state index is 0.208. The van der Waals surface area contributed by atoms with E-state index >= 15 is 0 Å². The Hall–Kier alpha value is -2.88. The number of nitrogens with zero attached hydrogens (tertiary/aromatic N) is 1. The van der Waals surface area contributed by atoms with E-state index in [0.29, 0.717) is 5.75 Å². The fourth-order valence-corrected chi connectivity index (χ4v) is 3.54. The monoisotopic (exact) mass is 349 g/mol. The van der Waals surface area contributed by atoms with Crippen LogP contribution in [0.5, 0.6) is 17.2 Å². The molecule has 1 aliphatic heterocycles. The van der Waals surface area contributed by atoms with E-state index in [0.717, 1.165) is 48.2 Å². The van der Waals surface area contributed by atoms with Crippen LogP contribution in [0.1, 0.15) is 12.8 Å². The molecule has 0 radical (unpaired) electrons. The highest BCUT2D eigenvalue weighted by molar-refractivity contribution is 5.87. The van der Waals surface area contributed by atoms with Crippen molar-refractivity contribution in [1.29, 1.82) is 0 Å². The van der Waals surface area contributed by atoms with E-state index in [2.05, 4.69) is 23.1 Å². The van der Waals surface area contributed by atoms with Gasteiger partial charge >= 0.3 is 0 Å². The molecule has 4 rings (SSSR count). The highest BCUT2D eigenvalue weighted by Gasteiger charge is 2.22. The highest BCUT2D eigenvalue weighted by Crippen LogP contribution is 2.31. The SMILES string of the molecule is COc1ccccc1OC1CCN(c2ccc3cc(O)ccc3c2)CC1. The summed E-state index contributed by atoms with van der Waals surface area (Å²) in [5.74, 6) is 1.91. The average Bonchev–Trinajstić information content (AvgIpc) is 2.68. The lowest BCUT2D eigenvalue weighted by atomic mass is 10.0. The second-order valence-electron chi connectivity index (χ2n) is 6.67. The number of phenols is 1. The van der Waals surface area contributed by atoms with Gasteiger partial charge in [-0.25, -0.2) is 0 Å². The van der Waals surface area contributed by atoms with E-state index in [4.69, 9.17) is 9.47 Å². The maximum Gasteiger partial charge on any atom is 0.161 e. The van der Waals surface area contributed by atoms with Crippen molar-refractivity contribution in [3.05, 3.63) is 60.7 Å². The molecule has 0 bridgehead atoms. The summed E-state index contributed by atoms with van der Waals surface area (Å²) >= 11 is 0. The Labute approximate surface area is 153 Å². The third-order valence-corrected chi connectivity index (χ3v) is 4.98. The van der Waals surface area contributed by atoms with Crippen molar-refractivity contribution in [2.45, 2.75) is 18.9 Å². The number of piperidine rings is 1. The zero-order chi connectivity index (χ0) is 17.9. The summed E-state index contributed by atoms with van der Waals surface area (Å²) < 4.78 is 11.5. The molecule has 4 nitrogen and oxygen atoms in total. The lowest BCUT2D eigenvalue weighted by molar-refractivity contribution is 0.164. The summed E-state index contributed by atoms with van der Waals surface area (Å²) in [5, 5.41) is 11.8. The Balaban J connectivity index is 1.42. The molecule has 4 heteroatoms. The standard InChI is InChI=1S/C22H23NO3/c1-25-21-4-2-3-5-22(21)26-20-10-12-23(13-11-20)18-8-6-17-15-19(24)9-7-16(17)14-18/h2-9,14-15,20,24H,10-13H2,1H3. The molecule has 0 aromatic heterocycles. The average molecular weight is 349 g/mol. The molecular formula is C22H23NO3. The van der Waals surface area contributed by atoms with Gasteiger partial charge in [0.25, 0.3) is 0 Å². The first-order chi connectivity index (χ1) is 12.7. The summed E-state index contributed by atoms with van der Waals surface area (Å²) in [7, 11) is 1.67. The van der Waals surface area contributed by atoms with Crippen LogP contribution in [-0.4, -0.2) is 31.4 Å². The van der Waals surface area contributed by atoms with Crippen LogP contribution < -0.4 is 14.4 Å². The summed E-state index contributed by atoms with van der Waals surface area (Å²) in [5.41, 5.74) is 1.22. The quantitative estimate of drug-likeness (QED) is 0.747. The predicted octanol–water partition coefficient (Wildman–Crippen LogP) is 4.60. The summed E-state index contributed by atoms with van der Waals surface area (Å²) in [6, 6.07) is 19.7. The van der Waals surface area contributed by atoms with E-state index in [1.165, 1.54) is 5.69 Å². The maximum absolute atomic E-state index is 9.60. The number of ether oxygens (including phenoxy) is 2. The minimum absolute atomic E-state index is 0.208. The first-order valence-corrected chi connectivity index (χ1v) is 9.00. The molecular weight excluding hydrogens is 326 g/mol. The third kappa shape index (κ3) is 3.40. The van der Waals surface area contributed by atoms with Gasteiger partial charge in [0.15, 0.2) is 11.5 Å². The van der Waals surface area contributed by atoms with E-state index in [-0.39, 0.29) is 6.10 Å². The van der Waals surface area contributed by atoms with E-state index < -0.39 is 0 Å². The van der Waals surface area contributed by atoms with Gasteiger partial charge < -0.3 is 19.5 Å². The molecule has 0 atom stereocenters. The number of rotatable bonds is 4. The van der Waals surface area contributed by atoms with E-state index in [9.17, 15) is 5.11 Å². The van der Waals surface area contributed by atoms with Crippen LogP contribution >= 0.6 is 0 Å². The molecule has 0 saturated carbocycles. The van der Waals surface area contributed by atoms with Crippen LogP contribution in [0.2, 0.25) is 0 Å². The fraction of sp³-hybridized carbons (Fsp3) is 0.273. The van der Waals surface area contributed by atoms with Crippen LogP contribution in [0.25, 0.3) is 10.8 Å². The van der Waals surface area contributed by atoms with Crippen LogP contribution in [0.3, 0.4) is 0 Å². The van der Waals surface area contributed by atoms with E-state index in [1.807, 2.05) is 30.3 Å². The lowest BCUT2D eigenvalue weighted by Crippen LogP contribution is -2.38. The Kier molecular flexibility index (Phi) is 4.57. The molecule has 0 spiro atoms. The largest absolute Gasteiger partial charge is 0.508 e. The number of phenolic OH excluding ortho intramolecular Hbond substituents is 1. The molecule has 134 valence electrons. The van der Waals surface area contributed by atoms with Gasteiger partial charge in [-0.05, 0) is 47.2 Å².